The van der Waals surface area contributed by atoms with Gasteiger partial charge < -0.3 is 15.2 Å². The van der Waals surface area contributed by atoms with Crippen LogP contribution in [-0.4, -0.2) is 17.0 Å². The molecule has 3 aromatic rings. The molecule has 0 saturated heterocycles. The number of hydrogen-bond donors (Lipinski definition) is 2. The molecule has 0 radical (unpaired) electrons. The van der Waals surface area contributed by atoms with Crippen molar-refractivity contribution >= 4 is 35.1 Å². The van der Waals surface area contributed by atoms with Gasteiger partial charge in [-0.15, -0.1) is 0 Å². The Morgan fingerprint density at radius 1 is 0.966 bits per heavy atom. The van der Waals surface area contributed by atoms with Crippen molar-refractivity contribution in [3.05, 3.63) is 93.5 Å². The highest BCUT2D eigenvalue weighted by atomic mass is 35.5. The average Bonchev–Trinajstić information content (AvgIpc) is 2.69. The number of amides is 1. The van der Waals surface area contributed by atoms with E-state index in [0.29, 0.717) is 21.5 Å². The van der Waals surface area contributed by atoms with E-state index in [1.165, 1.54) is 18.2 Å². The van der Waals surface area contributed by atoms with Crippen LogP contribution in [0.5, 0.6) is 11.5 Å². The summed E-state index contributed by atoms with van der Waals surface area (Å²) in [6.07, 6.45) is 0. The molecule has 5 nitrogen and oxygen atoms in total. The summed E-state index contributed by atoms with van der Waals surface area (Å²) in [6.45, 7) is 1.80. The number of benzene rings is 3. The second-order valence-electron chi connectivity index (χ2n) is 6.32. The van der Waals surface area contributed by atoms with E-state index in [9.17, 15) is 9.59 Å². The summed E-state index contributed by atoms with van der Waals surface area (Å²) in [4.78, 5) is 23.8. The van der Waals surface area contributed by atoms with Crippen molar-refractivity contribution in [1.29, 1.82) is 0 Å². The highest BCUT2D eigenvalue weighted by Gasteiger charge is 2.17. The molecular formula is C22H17Cl2NO4. The van der Waals surface area contributed by atoms with Crippen LogP contribution in [0, 0.1) is 0 Å². The minimum atomic E-state index is -1.00. The fourth-order valence-corrected chi connectivity index (χ4v) is 3.05. The summed E-state index contributed by atoms with van der Waals surface area (Å²) in [5.74, 6) is -0.553. The van der Waals surface area contributed by atoms with E-state index in [4.69, 9.17) is 33.0 Å². The number of rotatable bonds is 6. The first kappa shape index (κ1) is 20.7. The Labute approximate surface area is 177 Å². The molecule has 29 heavy (non-hydrogen) atoms. The predicted octanol–water partition coefficient (Wildman–Crippen LogP) is 5.97. The molecule has 3 rings (SSSR count). The third-order valence-electron chi connectivity index (χ3n) is 4.22. The Kier molecular flexibility index (Phi) is 6.42. The van der Waals surface area contributed by atoms with Crippen molar-refractivity contribution in [2.75, 3.05) is 0 Å². The van der Waals surface area contributed by atoms with Crippen molar-refractivity contribution in [1.82, 2.24) is 5.32 Å². The maximum atomic E-state index is 12.9. The number of carbonyl (C=O) groups excluding carboxylic acids is 1. The van der Waals surface area contributed by atoms with Crippen LogP contribution in [0.25, 0.3) is 0 Å². The minimum Gasteiger partial charge on any atom is -0.478 e. The smallest absolute Gasteiger partial charge is 0.335 e. The van der Waals surface area contributed by atoms with Crippen molar-refractivity contribution in [2.24, 2.45) is 0 Å². The lowest BCUT2D eigenvalue weighted by Gasteiger charge is -2.17. The molecule has 0 spiro atoms. The van der Waals surface area contributed by atoms with Gasteiger partial charge in [0.2, 0.25) is 0 Å². The molecule has 1 atom stereocenters. The largest absolute Gasteiger partial charge is 0.478 e. The predicted molar refractivity (Wildman–Crippen MR) is 112 cm³/mol. The third-order valence-corrected chi connectivity index (χ3v) is 4.69. The van der Waals surface area contributed by atoms with Gasteiger partial charge in [-0.1, -0.05) is 41.4 Å². The van der Waals surface area contributed by atoms with E-state index in [2.05, 4.69) is 5.32 Å². The molecule has 0 unspecified atom stereocenters. The summed E-state index contributed by atoms with van der Waals surface area (Å²) in [7, 11) is 0. The van der Waals surface area contributed by atoms with Gasteiger partial charge in [-0.25, -0.2) is 4.79 Å². The van der Waals surface area contributed by atoms with Crippen LogP contribution >= 0.6 is 23.2 Å². The molecule has 0 fully saturated rings. The summed E-state index contributed by atoms with van der Waals surface area (Å²) >= 11 is 12.1. The van der Waals surface area contributed by atoms with Crippen molar-refractivity contribution in [3.63, 3.8) is 0 Å². The number of carbonyl (C=O) groups is 2. The monoisotopic (exact) mass is 429 g/mol. The quantitative estimate of drug-likeness (QED) is 0.505. The van der Waals surface area contributed by atoms with Gasteiger partial charge in [0.15, 0.2) is 0 Å². The first-order valence-corrected chi connectivity index (χ1v) is 9.46. The average molecular weight is 430 g/mol. The molecule has 1 amide bonds. The number of carboxylic acids is 1. The lowest BCUT2D eigenvalue weighted by molar-refractivity contribution is 0.0696. The zero-order valence-electron chi connectivity index (χ0n) is 15.4. The van der Waals surface area contributed by atoms with Crippen molar-refractivity contribution < 1.29 is 19.4 Å². The summed E-state index contributed by atoms with van der Waals surface area (Å²) in [6, 6.07) is 17.6. The molecular weight excluding hydrogens is 413 g/mol. The van der Waals surface area contributed by atoms with E-state index in [1.807, 2.05) is 0 Å². The fourth-order valence-electron chi connectivity index (χ4n) is 2.70. The zero-order chi connectivity index (χ0) is 21.0. The van der Waals surface area contributed by atoms with Gasteiger partial charge in [-0.2, -0.15) is 0 Å². The molecule has 0 aliphatic carbocycles. The molecule has 0 heterocycles. The maximum absolute atomic E-state index is 12.9. The molecule has 0 aromatic heterocycles. The topological polar surface area (TPSA) is 75.6 Å². The highest BCUT2D eigenvalue weighted by Crippen LogP contribution is 2.30. The number of halogens is 2. The Balaban J connectivity index is 1.80. The normalized spacial score (nSPS) is 11.6. The van der Waals surface area contributed by atoms with Crippen molar-refractivity contribution in [2.45, 2.75) is 13.0 Å². The summed E-state index contributed by atoms with van der Waals surface area (Å²) < 4.78 is 5.83. The molecule has 0 bridgehead atoms. The van der Waals surface area contributed by atoms with Gasteiger partial charge >= 0.3 is 5.97 Å². The Morgan fingerprint density at radius 3 is 2.31 bits per heavy atom. The summed E-state index contributed by atoms with van der Waals surface area (Å²) in [5, 5.41) is 12.8. The van der Waals surface area contributed by atoms with Crippen LogP contribution in [0.1, 0.15) is 39.2 Å². The number of nitrogens with one attached hydrogen (secondary N) is 1. The van der Waals surface area contributed by atoms with Gasteiger partial charge in [-0.05, 0) is 61.0 Å². The van der Waals surface area contributed by atoms with Gasteiger partial charge in [0, 0.05) is 10.0 Å². The second-order valence-corrected chi connectivity index (χ2v) is 7.20. The highest BCUT2D eigenvalue weighted by molar-refractivity contribution is 6.31. The van der Waals surface area contributed by atoms with E-state index < -0.39 is 5.97 Å². The Hall–Kier alpha value is -3.02. The fraction of sp³-hybridized carbons (Fsp3) is 0.0909. The molecule has 0 aliphatic rings. The number of ether oxygens (including phenoxy) is 1. The molecule has 0 saturated carbocycles. The number of hydrogen-bond acceptors (Lipinski definition) is 3. The first-order valence-electron chi connectivity index (χ1n) is 8.70. The number of aromatic carboxylic acids is 1. The lowest BCUT2D eigenvalue weighted by atomic mass is 10.1. The minimum absolute atomic E-state index is 0.180. The van der Waals surface area contributed by atoms with Crippen LogP contribution < -0.4 is 10.1 Å². The van der Waals surface area contributed by atoms with E-state index in [1.54, 1.807) is 55.5 Å². The van der Waals surface area contributed by atoms with E-state index in [-0.39, 0.29) is 23.1 Å². The van der Waals surface area contributed by atoms with Gasteiger partial charge in [0.1, 0.15) is 11.5 Å². The van der Waals surface area contributed by atoms with Crippen LogP contribution in [0.4, 0.5) is 0 Å². The molecule has 148 valence electrons. The van der Waals surface area contributed by atoms with Gasteiger partial charge in [-0.3, -0.25) is 4.79 Å². The summed E-state index contributed by atoms with van der Waals surface area (Å²) in [5.41, 5.74) is 1.22. The maximum Gasteiger partial charge on any atom is 0.335 e. The SMILES string of the molecule is C[C@H](NC(=O)c1cc(Cl)ccc1Oc1cccc(Cl)c1)c1ccc(C(=O)O)cc1. The molecule has 0 aliphatic heterocycles. The van der Waals surface area contributed by atoms with Crippen LogP contribution in [0.2, 0.25) is 10.0 Å². The lowest BCUT2D eigenvalue weighted by Crippen LogP contribution is -2.27. The molecule has 3 aromatic carbocycles. The third kappa shape index (κ3) is 5.28. The Bertz CT molecular complexity index is 1050. The molecule has 7 heteroatoms. The first-order chi connectivity index (χ1) is 13.8. The number of carboxylic acid groups (broad SMARTS) is 1. The van der Waals surface area contributed by atoms with Crippen molar-refractivity contribution in [3.8, 4) is 11.5 Å². The molecule has 2 N–H and O–H groups in total. The van der Waals surface area contributed by atoms with Crippen LogP contribution in [-0.2, 0) is 0 Å². The standard InChI is InChI=1S/C22H17Cl2NO4/c1-13(14-5-7-15(8-6-14)22(27)28)25-21(26)19-12-17(24)9-10-20(19)29-18-4-2-3-16(23)11-18/h2-13H,1H3,(H,25,26)(H,27,28)/t13-/m0/s1. The van der Waals surface area contributed by atoms with E-state index in [0.717, 1.165) is 5.56 Å². The zero-order valence-corrected chi connectivity index (χ0v) is 16.9. The van der Waals surface area contributed by atoms with Gasteiger partial charge in [0.05, 0.1) is 17.2 Å². The van der Waals surface area contributed by atoms with Crippen LogP contribution in [0.3, 0.4) is 0 Å². The Morgan fingerprint density at radius 2 is 1.66 bits per heavy atom. The van der Waals surface area contributed by atoms with E-state index >= 15 is 0 Å². The van der Waals surface area contributed by atoms with Crippen LogP contribution in [0.15, 0.2) is 66.7 Å². The van der Waals surface area contributed by atoms with Gasteiger partial charge in [0.25, 0.3) is 5.91 Å². The second kappa shape index (κ2) is 8.99.